The van der Waals surface area contributed by atoms with Crippen LogP contribution in [0.1, 0.15) is 28.1 Å². The lowest BCUT2D eigenvalue weighted by molar-refractivity contribution is 0.226. The van der Waals surface area contributed by atoms with Crippen molar-refractivity contribution < 1.29 is 14.2 Å². The molecule has 2 aromatic heterocycles. The van der Waals surface area contributed by atoms with Gasteiger partial charge in [0.05, 0.1) is 19.9 Å². The molecule has 2 aliphatic heterocycles. The van der Waals surface area contributed by atoms with Gasteiger partial charge in [0.15, 0.2) is 6.10 Å². The molecule has 8 heteroatoms. The second kappa shape index (κ2) is 7.42. The Morgan fingerprint density at radius 3 is 2.59 bits per heavy atom. The van der Waals surface area contributed by atoms with Gasteiger partial charge in [-0.2, -0.15) is 10.1 Å². The Labute approximate surface area is 188 Å². The van der Waals surface area contributed by atoms with E-state index in [0.29, 0.717) is 5.95 Å². The second-order valence-corrected chi connectivity index (χ2v) is 8.51. The molecule has 0 spiro atoms. The molecule has 0 unspecified atom stereocenters. The molecule has 32 heavy (non-hydrogen) atoms. The molecule has 0 radical (unpaired) electrons. The van der Waals surface area contributed by atoms with Gasteiger partial charge >= 0.3 is 0 Å². The summed E-state index contributed by atoms with van der Waals surface area (Å²) in [7, 11) is 3.34. The number of benzene rings is 2. The highest BCUT2D eigenvalue weighted by molar-refractivity contribution is 7.10. The molecule has 4 aromatic rings. The smallest absolute Gasteiger partial charge is 0.226 e. The van der Waals surface area contributed by atoms with Crippen LogP contribution in [-0.4, -0.2) is 29.0 Å². The Morgan fingerprint density at radius 1 is 1.03 bits per heavy atom. The Hall–Kier alpha value is -3.78. The summed E-state index contributed by atoms with van der Waals surface area (Å²) in [5.74, 6) is 3.06. The van der Waals surface area contributed by atoms with Crippen LogP contribution in [0.15, 0.2) is 71.9 Å². The summed E-state index contributed by atoms with van der Waals surface area (Å²) in [6.45, 7) is 0. The van der Waals surface area contributed by atoms with Gasteiger partial charge in [0.25, 0.3) is 0 Å². The number of thiophene rings is 1. The lowest BCUT2D eigenvalue weighted by Gasteiger charge is -2.38. The minimum Gasteiger partial charge on any atom is -0.497 e. The molecular weight excluding hydrogens is 424 g/mol. The Morgan fingerprint density at radius 2 is 1.84 bits per heavy atom. The summed E-state index contributed by atoms with van der Waals surface area (Å²) >= 11 is 1.68. The summed E-state index contributed by atoms with van der Waals surface area (Å²) in [6.07, 6.45) is 1.31. The van der Waals surface area contributed by atoms with Crippen LogP contribution in [0.2, 0.25) is 0 Å². The lowest BCUT2D eigenvalue weighted by Crippen LogP contribution is -2.32. The van der Waals surface area contributed by atoms with Gasteiger partial charge in [0, 0.05) is 16.0 Å². The van der Waals surface area contributed by atoms with Crippen molar-refractivity contribution in [3.8, 4) is 17.2 Å². The Balaban J connectivity index is 1.61. The van der Waals surface area contributed by atoms with Crippen LogP contribution in [0, 0.1) is 0 Å². The summed E-state index contributed by atoms with van der Waals surface area (Å²) < 4.78 is 19.4. The van der Waals surface area contributed by atoms with Gasteiger partial charge in [-0.15, -0.1) is 11.3 Å². The van der Waals surface area contributed by atoms with Crippen LogP contribution in [-0.2, 0) is 0 Å². The Kier molecular flexibility index (Phi) is 4.39. The van der Waals surface area contributed by atoms with Crippen molar-refractivity contribution in [2.75, 3.05) is 19.5 Å². The van der Waals surface area contributed by atoms with Crippen LogP contribution >= 0.6 is 11.3 Å². The SMILES string of the molecule is COc1ccc([C@H]2C3=C(Nc4ncnn42)c2cc(OC)ccc2O[C@H]3c2cccs2)cc1. The predicted octanol–water partition coefficient (Wildman–Crippen LogP) is 4.92. The molecule has 2 atom stereocenters. The van der Waals surface area contributed by atoms with Gasteiger partial charge in [-0.3, -0.25) is 0 Å². The number of hydrogen-bond donors (Lipinski definition) is 1. The Bertz CT molecular complexity index is 1310. The molecular formula is C24H20N4O3S. The van der Waals surface area contributed by atoms with Crippen molar-refractivity contribution in [2.24, 2.45) is 0 Å². The number of aromatic nitrogens is 3. The highest BCUT2D eigenvalue weighted by atomic mass is 32.1. The van der Waals surface area contributed by atoms with E-state index in [-0.39, 0.29) is 12.1 Å². The molecule has 0 bridgehead atoms. The number of ether oxygens (including phenoxy) is 3. The standard InChI is InChI=1S/C24H20N4O3S/c1-29-15-7-5-14(6-8-15)22-20-21(27-24-25-13-26-28(22)24)17-12-16(30-2)9-10-18(17)31-23(20)19-4-3-11-32-19/h3-13,22-23H,1-2H3,(H,25,26,27)/t22-,23-/m0/s1. The summed E-state index contributed by atoms with van der Waals surface area (Å²) in [4.78, 5) is 5.60. The van der Waals surface area contributed by atoms with E-state index in [1.165, 1.54) is 0 Å². The van der Waals surface area contributed by atoms with Crippen LogP contribution in [0.4, 0.5) is 5.95 Å². The number of nitrogens with zero attached hydrogens (tertiary/aromatic N) is 3. The zero-order valence-electron chi connectivity index (χ0n) is 17.5. The van der Waals surface area contributed by atoms with Gasteiger partial charge in [-0.1, -0.05) is 18.2 Å². The maximum Gasteiger partial charge on any atom is 0.226 e. The number of fused-ring (bicyclic) bond motifs is 3. The molecule has 160 valence electrons. The molecule has 6 rings (SSSR count). The van der Waals surface area contributed by atoms with Gasteiger partial charge in [0.1, 0.15) is 29.6 Å². The minimum atomic E-state index is -0.261. The van der Waals surface area contributed by atoms with Crippen molar-refractivity contribution in [1.82, 2.24) is 14.8 Å². The third-order valence-corrected chi connectivity index (χ3v) is 6.77. The number of hydrogen-bond acceptors (Lipinski definition) is 7. The highest BCUT2D eigenvalue weighted by Gasteiger charge is 2.41. The topological polar surface area (TPSA) is 70.4 Å². The molecule has 0 aliphatic carbocycles. The summed E-state index contributed by atoms with van der Waals surface area (Å²) in [6, 6.07) is 17.9. The van der Waals surface area contributed by atoms with Crippen molar-refractivity contribution >= 4 is 23.0 Å². The number of rotatable bonds is 4. The van der Waals surface area contributed by atoms with Crippen LogP contribution in [0.5, 0.6) is 17.2 Å². The largest absolute Gasteiger partial charge is 0.497 e. The van der Waals surface area contributed by atoms with Crippen molar-refractivity contribution in [1.29, 1.82) is 0 Å². The van der Waals surface area contributed by atoms with E-state index in [2.05, 4.69) is 39.0 Å². The fraction of sp³-hybridized carbons (Fsp3) is 0.167. The zero-order valence-corrected chi connectivity index (χ0v) is 18.3. The van der Waals surface area contributed by atoms with Gasteiger partial charge in [-0.05, 0) is 47.3 Å². The number of nitrogens with one attached hydrogen (secondary N) is 1. The minimum absolute atomic E-state index is 0.193. The molecule has 4 heterocycles. The summed E-state index contributed by atoms with van der Waals surface area (Å²) in [5.41, 5.74) is 4.07. The van der Waals surface area contributed by atoms with Crippen molar-refractivity contribution in [3.63, 3.8) is 0 Å². The van der Waals surface area contributed by atoms with Gasteiger partial charge < -0.3 is 19.5 Å². The fourth-order valence-corrected chi connectivity index (χ4v) is 5.13. The van der Waals surface area contributed by atoms with E-state index in [9.17, 15) is 0 Å². The van der Waals surface area contributed by atoms with E-state index in [4.69, 9.17) is 14.2 Å². The molecule has 0 saturated heterocycles. The monoisotopic (exact) mass is 444 g/mol. The van der Waals surface area contributed by atoms with E-state index >= 15 is 0 Å². The molecule has 1 N–H and O–H groups in total. The van der Waals surface area contributed by atoms with E-state index in [1.807, 2.05) is 41.1 Å². The second-order valence-electron chi connectivity index (χ2n) is 7.53. The summed E-state index contributed by atoms with van der Waals surface area (Å²) in [5, 5.41) is 10.1. The maximum atomic E-state index is 6.60. The highest BCUT2D eigenvalue weighted by Crippen LogP contribution is 2.51. The first-order valence-electron chi connectivity index (χ1n) is 10.2. The zero-order chi connectivity index (χ0) is 21.7. The normalized spacial score (nSPS) is 18.7. The average molecular weight is 445 g/mol. The van der Waals surface area contributed by atoms with E-state index in [0.717, 1.165) is 44.5 Å². The maximum absolute atomic E-state index is 6.60. The van der Waals surface area contributed by atoms with Gasteiger partial charge in [0.2, 0.25) is 5.95 Å². The third kappa shape index (κ3) is 2.87. The molecule has 0 fully saturated rings. The van der Waals surface area contributed by atoms with E-state index in [1.54, 1.807) is 31.9 Å². The van der Waals surface area contributed by atoms with Crippen molar-refractivity contribution in [3.05, 3.63) is 87.9 Å². The molecule has 0 saturated carbocycles. The third-order valence-electron chi connectivity index (χ3n) is 5.85. The number of anilines is 1. The number of methoxy groups -OCH3 is 2. The molecule has 0 amide bonds. The quantitative estimate of drug-likeness (QED) is 0.482. The molecule has 7 nitrogen and oxygen atoms in total. The predicted molar refractivity (Wildman–Crippen MR) is 122 cm³/mol. The van der Waals surface area contributed by atoms with Crippen LogP contribution in [0.3, 0.4) is 0 Å². The molecule has 2 aromatic carbocycles. The first kappa shape index (κ1) is 18.9. The first-order valence-corrected chi connectivity index (χ1v) is 11.1. The average Bonchev–Trinajstić information content (AvgIpc) is 3.54. The van der Waals surface area contributed by atoms with Crippen LogP contribution in [0.25, 0.3) is 5.70 Å². The van der Waals surface area contributed by atoms with Crippen LogP contribution < -0.4 is 19.5 Å². The lowest BCUT2D eigenvalue weighted by atomic mass is 9.86. The molecule has 2 aliphatic rings. The fourth-order valence-electron chi connectivity index (χ4n) is 4.36. The van der Waals surface area contributed by atoms with E-state index < -0.39 is 0 Å². The first-order chi connectivity index (χ1) is 15.8. The van der Waals surface area contributed by atoms with Gasteiger partial charge in [-0.25, -0.2) is 4.68 Å². The van der Waals surface area contributed by atoms with Crippen molar-refractivity contribution in [2.45, 2.75) is 12.1 Å².